The first-order valence-corrected chi connectivity index (χ1v) is 7.53. The van der Waals surface area contributed by atoms with Gasteiger partial charge >= 0.3 is 0 Å². The van der Waals surface area contributed by atoms with E-state index in [0.29, 0.717) is 5.92 Å². The first-order valence-electron chi connectivity index (χ1n) is 7.53. The van der Waals surface area contributed by atoms with Gasteiger partial charge in [-0.3, -0.25) is 4.68 Å². The van der Waals surface area contributed by atoms with Crippen LogP contribution in [0, 0.1) is 11.8 Å². The second-order valence-corrected chi connectivity index (χ2v) is 5.67. The van der Waals surface area contributed by atoms with Gasteiger partial charge in [-0.25, -0.2) is 0 Å². The van der Waals surface area contributed by atoms with Crippen LogP contribution in [0.5, 0.6) is 0 Å². The molecule has 1 fully saturated rings. The van der Waals surface area contributed by atoms with Crippen molar-refractivity contribution in [1.82, 2.24) is 9.78 Å². The molecule has 102 valence electrons. The second-order valence-electron chi connectivity index (χ2n) is 5.67. The minimum Gasteiger partial charge on any atom is -0.322 e. The first-order chi connectivity index (χ1) is 8.76. The van der Waals surface area contributed by atoms with Gasteiger partial charge in [-0.05, 0) is 37.7 Å². The molecule has 2 rings (SSSR count). The van der Waals surface area contributed by atoms with Crippen LogP contribution in [0.25, 0.3) is 0 Å². The predicted molar refractivity (Wildman–Crippen MR) is 75.2 cm³/mol. The van der Waals surface area contributed by atoms with Crippen molar-refractivity contribution in [3.63, 3.8) is 0 Å². The Kier molecular flexibility index (Phi) is 4.81. The quantitative estimate of drug-likeness (QED) is 0.868. The molecule has 1 saturated carbocycles. The lowest BCUT2D eigenvalue weighted by Gasteiger charge is -2.32. The Labute approximate surface area is 111 Å². The molecule has 1 aliphatic rings. The van der Waals surface area contributed by atoms with Crippen LogP contribution >= 0.6 is 0 Å². The Hall–Kier alpha value is -0.830. The summed E-state index contributed by atoms with van der Waals surface area (Å²) in [6.45, 7) is 5.33. The molecule has 18 heavy (non-hydrogen) atoms. The highest BCUT2D eigenvalue weighted by Crippen LogP contribution is 2.37. The fourth-order valence-corrected chi connectivity index (χ4v) is 3.38. The van der Waals surface area contributed by atoms with Crippen LogP contribution < -0.4 is 5.73 Å². The summed E-state index contributed by atoms with van der Waals surface area (Å²) in [6.07, 6.45) is 9.92. The van der Waals surface area contributed by atoms with Gasteiger partial charge in [-0.15, -0.1) is 0 Å². The molecular formula is C15H27N3. The van der Waals surface area contributed by atoms with Crippen molar-refractivity contribution in [2.75, 3.05) is 0 Å². The van der Waals surface area contributed by atoms with Gasteiger partial charge in [0.25, 0.3) is 0 Å². The van der Waals surface area contributed by atoms with Gasteiger partial charge in [0, 0.05) is 18.8 Å². The summed E-state index contributed by atoms with van der Waals surface area (Å²) >= 11 is 0. The maximum absolute atomic E-state index is 6.45. The number of rotatable bonds is 5. The standard InChI is InChI=1S/C15H27N3/c1-3-5-12-6-8-13(9-7-12)15(16)14-10-11-17-18(14)4-2/h10-13,15H,3-9,16H2,1-2H3. The van der Waals surface area contributed by atoms with Crippen molar-refractivity contribution in [2.24, 2.45) is 17.6 Å². The molecule has 0 spiro atoms. The molecule has 1 aromatic heterocycles. The SMILES string of the molecule is CCCC1CCC(C(N)c2ccnn2CC)CC1. The highest BCUT2D eigenvalue weighted by atomic mass is 15.3. The van der Waals surface area contributed by atoms with Crippen molar-refractivity contribution in [3.8, 4) is 0 Å². The van der Waals surface area contributed by atoms with Gasteiger partial charge < -0.3 is 5.73 Å². The van der Waals surface area contributed by atoms with Crippen LogP contribution in [0.1, 0.15) is 64.1 Å². The summed E-state index contributed by atoms with van der Waals surface area (Å²) < 4.78 is 2.04. The lowest BCUT2D eigenvalue weighted by molar-refractivity contribution is 0.229. The van der Waals surface area contributed by atoms with Gasteiger partial charge in [0.2, 0.25) is 0 Å². The molecule has 3 nitrogen and oxygen atoms in total. The highest BCUT2D eigenvalue weighted by molar-refractivity contribution is 5.08. The van der Waals surface area contributed by atoms with E-state index in [1.54, 1.807) is 0 Å². The van der Waals surface area contributed by atoms with E-state index < -0.39 is 0 Å². The van der Waals surface area contributed by atoms with E-state index >= 15 is 0 Å². The molecule has 0 bridgehead atoms. The molecule has 0 aliphatic heterocycles. The molecule has 1 atom stereocenters. The monoisotopic (exact) mass is 249 g/mol. The maximum atomic E-state index is 6.45. The van der Waals surface area contributed by atoms with Crippen LogP contribution in [0.3, 0.4) is 0 Å². The van der Waals surface area contributed by atoms with Crippen molar-refractivity contribution < 1.29 is 0 Å². The Morgan fingerprint density at radius 1 is 1.33 bits per heavy atom. The Morgan fingerprint density at radius 3 is 2.67 bits per heavy atom. The minimum atomic E-state index is 0.176. The summed E-state index contributed by atoms with van der Waals surface area (Å²) in [4.78, 5) is 0. The van der Waals surface area contributed by atoms with Crippen molar-refractivity contribution in [1.29, 1.82) is 0 Å². The Morgan fingerprint density at radius 2 is 2.06 bits per heavy atom. The Balaban J connectivity index is 1.93. The molecular weight excluding hydrogens is 222 g/mol. The largest absolute Gasteiger partial charge is 0.322 e. The third-order valence-corrected chi connectivity index (χ3v) is 4.49. The molecule has 2 N–H and O–H groups in total. The number of hydrogen-bond donors (Lipinski definition) is 1. The lowest BCUT2D eigenvalue weighted by Crippen LogP contribution is -2.28. The second kappa shape index (κ2) is 6.37. The van der Waals surface area contributed by atoms with E-state index in [4.69, 9.17) is 5.73 Å². The van der Waals surface area contributed by atoms with Crippen LogP contribution in [0.15, 0.2) is 12.3 Å². The summed E-state index contributed by atoms with van der Waals surface area (Å²) in [5.41, 5.74) is 7.67. The zero-order valence-electron chi connectivity index (χ0n) is 11.8. The van der Waals surface area contributed by atoms with Gasteiger partial charge in [0.15, 0.2) is 0 Å². The van der Waals surface area contributed by atoms with Gasteiger partial charge in [-0.2, -0.15) is 5.10 Å². The van der Waals surface area contributed by atoms with E-state index in [2.05, 4.69) is 25.0 Å². The molecule has 1 aromatic rings. The molecule has 1 heterocycles. The van der Waals surface area contributed by atoms with Crippen LogP contribution in [0.2, 0.25) is 0 Å². The minimum absolute atomic E-state index is 0.176. The van der Waals surface area contributed by atoms with Gasteiger partial charge in [0.05, 0.1) is 5.69 Å². The topological polar surface area (TPSA) is 43.8 Å². The normalized spacial score (nSPS) is 26.2. The van der Waals surface area contributed by atoms with Gasteiger partial charge in [-0.1, -0.05) is 32.6 Å². The fourth-order valence-electron chi connectivity index (χ4n) is 3.38. The van der Waals surface area contributed by atoms with Crippen LogP contribution in [-0.4, -0.2) is 9.78 Å². The van der Waals surface area contributed by atoms with E-state index in [1.165, 1.54) is 44.2 Å². The molecule has 0 saturated heterocycles. The number of nitrogens with zero attached hydrogens (tertiary/aromatic N) is 2. The van der Waals surface area contributed by atoms with Crippen molar-refractivity contribution >= 4 is 0 Å². The average Bonchev–Trinajstić information content (AvgIpc) is 2.87. The number of aryl methyl sites for hydroxylation is 1. The summed E-state index contributed by atoms with van der Waals surface area (Å²) in [5.74, 6) is 1.61. The zero-order chi connectivity index (χ0) is 13.0. The lowest BCUT2D eigenvalue weighted by atomic mass is 9.76. The zero-order valence-corrected chi connectivity index (χ0v) is 11.8. The molecule has 3 heteroatoms. The summed E-state index contributed by atoms with van der Waals surface area (Å²) in [6, 6.07) is 2.27. The Bertz CT molecular complexity index is 350. The predicted octanol–water partition coefficient (Wildman–Crippen LogP) is 3.51. The van der Waals surface area contributed by atoms with Crippen molar-refractivity contribution in [3.05, 3.63) is 18.0 Å². The molecule has 0 aromatic carbocycles. The molecule has 0 amide bonds. The highest BCUT2D eigenvalue weighted by Gasteiger charge is 2.27. The number of hydrogen-bond acceptors (Lipinski definition) is 2. The van der Waals surface area contributed by atoms with E-state index in [1.807, 2.05) is 10.9 Å². The van der Waals surface area contributed by atoms with Crippen LogP contribution in [-0.2, 0) is 6.54 Å². The summed E-state index contributed by atoms with van der Waals surface area (Å²) in [7, 11) is 0. The molecule has 1 unspecified atom stereocenters. The van der Waals surface area contributed by atoms with E-state index in [0.717, 1.165) is 12.5 Å². The van der Waals surface area contributed by atoms with E-state index in [-0.39, 0.29) is 6.04 Å². The number of aromatic nitrogens is 2. The number of nitrogens with two attached hydrogens (primary N) is 1. The maximum Gasteiger partial charge on any atom is 0.0554 e. The smallest absolute Gasteiger partial charge is 0.0554 e. The average molecular weight is 249 g/mol. The fraction of sp³-hybridized carbons (Fsp3) is 0.800. The third-order valence-electron chi connectivity index (χ3n) is 4.49. The van der Waals surface area contributed by atoms with Crippen molar-refractivity contribution in [2.45, 2.75) is 65.0 Å². The summed E-state index contributed by atoms with van der Waals surface area (Å²) in [5, 5.41) is 4.33. The van der Waals surface area contributed by atoms with Gasteiger partial charge in [0.1, 0.15) is 0 Å². The first kappa shape index (κ1) is 13.6. The molecule has 0 radical (unpaired) electrons. The van der Waals surface area contributed by atoms with Crippen LogP contribution in [0.4, 0.5) is 0 Å². The third kappa shape index (κ3) is 2.94. The van der Waals surface area contributed by atoms with E-state index in [9.17, 15) is 0 Å². The molecule has 1 aliphatic carbocycles.